The monoisotopic (exact) mass is 462 g/mol. The van der Waals surface area contributed by atoms with Crippen LogP contribution in [0.15, 0.2) is 59.8 Å². The van der Waals surface area contributed by atoms with Crippen LogP contribution in [-0.4, -0.2) is 58.1 Å². The second kappa shape index (κ2) is 10.7. The second-order valence-corrected chi connectivity index (χ2v) is 7.88. The molecule has 0 saturated heterocycles. The largest absolute Gasteiger partial charge is 0.492 e. The van der Waals surface area contributed by atoms with Gasteiger partial charge in [-0.2, -0.15) is 0 Å². The van der Waals surface area contributed by atoms with Crippen LogP contribution in [0.4, 0.5) is 0 Å². The lowest BCUT2D eigenvalue weighted by atomic mass is 10.1. The molecule has 1 amide bonds. The lowest BCUT2D eigenvalue weighted by molar-refractivity contribution is 0.0593. The molecule has 0 fully saturated rings. The van der Waals surface area contributed by atoms with E-state index < -0.39 is 5.97 Å². The number of esters is 1. The van der Waals surface area contributed by atoms with Gasteiger partial charge in [-0.25, -0.2) is 9.78 Å². The van der Waals surface area contributed by atoms with Gasteiger partial charge in [-0.05, 0) is 18.4 Å². The summed E-state index contributed by atoms with van der Waals surface area (Å²) < 4.78 is 12.4. The Balaban J connectivity index is 1.54. The maximum absolute atomic E-state index is 12.9. The van der Waals surface area contributed by atoms with Crippen molar-refractivity contribution < 1.29 is 19.1 Å². The van der Waals surface area contributed by atoms with E-state index in [1.807, 2.05) is 30.3 Å². The molecular weight excluding hydrogens is 436 g/mol. The van der Waals surface area contributed by atoms with Crippen molar-refractivity contribution >= 4 is 11.9 Å². The molecule has 3 heterocycles. The summed E-state index contributed by atoms with van der Waals surface area (Å²) in [6.45, 7) is 1.22. The van der Waals surface area contributed by atoms with Gasteiger partial charge in [-0.15, -0.1) is 0 Å². The summed E-state index contributed by atoms with van der Waals surface area (Å²) in [6.07, 6.45) is 6.21. The first-order valence-corrected chi connectivity index (χ1v) is 11.2. The molecule has 0 N–H and O–H groups in total. The SMILES string of the molecule is COC(=O)c1c(OCCCc2ccccc2)cc(=O)n2c1CCN(C(=O)c1cnccn1)CC2. The molecule has 0 radical (unpaired) electrons. The normalized spacial score (nSPS) is 13.0. The van der Waals surface area contributed by atoms with E-state index in [1.54, 1.807) is 4.90 Å². The molecule has 1 aliphatic rings. The number of methoxy groups -OCH3 is 1. The number of hydrogen-bond acceptors (Lipinski definition) is 7. The number of hydrogen-bond donors (Lipinski definition) is 0. The summed E-state index contributed by atoms with van der Waals surface area (Å²) in [6, 6.07) is 11.4. The average Bonchev–Trinajstić information content (AvgIpc) is 3.11. The maximum Gasteiger partial charge on any atom is 0.343 e. The molecule has 176 valence electrons. The summed E-state index contributed by atoms with van der Waals surface area (Å²) in [5.74, 6) is -0.633. The molecule has 0 aliphatic carbocycles. The molecule has 9 heteroatoms. The molecule has 1 aromatic carbocycles. The van der Waals surface area contributed by atoms with Crippen LogP contribution in [0.3, 0.4) is 0 Å². The van der Waals surface area contributed by atoms with Gasteiger partial charge in [0.05, 0.1) is 19.9 Å². The van der Waals surface area contributed by atoms with Crippen LogP contribution in [0.1, 0.15) is 38.5 Å². The molecule has 9 nitrogen and oxygen atoms in total. The van der Waals surface area contributed by atoms with Crippen molar-refractivity contribution in [3.63, 3.8) is 0 Å². The summed E-state index contributed by atoms with van der Waals surface area (Å²) in [5, 5.41) is 0. The smallest absolute Gasteiger partial charge is 0.343 e. The minimum Gasteiger partial charge on any atom is -0.492 e. The van der Waals surface area contributed by atoms with Gasteiger partial charge in [-0.3, -0.25) is 14.6 Å². The zero-order chi connectivity index (χ0) is 23.9. The van der Waals surface area contributed by atoms with E-state index in [-0.39, 0.29) is 35.0 Å². The first-order chi connectivity index (χ1) is 16.6. The number of pyridine rings is 1. The second-order valence-electron chi connectivity index (χ2n) is 7.88. The minimum absolute atomic E-state index is 0.213. The Kier molecular flexibility index (Phi) is 7.31. The van der Waals surface area contributed by atoms with Crippen molar-refractivity contribution in [2.75, 3.05) is 26.8 Å². The number of nitrogens with zero attached hydrogens (tertiary/aromatic N) is 4. The van der Waals surface area contributed by atoms with Crippen molar-refractivity contribution in [2.24, 2.45) is 0 Å². The van der Waals surface area contributed by atoms with E-state index in [4.69, 9.17) is 9.47 Å². The van der Waals surface area contributed by atoms with Crippen molar-refractivity contribution in [1.29, 1.82) is 0 Å². The Labute approximate surface area is 197 Å². The van der Waals surface area contributed by atoms with Crippen LogP contribution in [0.5, 0.6) is 5.75 Å². The van der Waals surface area contributed by atoms with Crippen LogP contribution in [0.25, 0.3) is 0 Å². The number of carbonyl (C=O) groups is 2. The van der Waals surface area contributed by atoms with Crippen molar-refractivity contribution in [2.45, 2.75) is 25.8 Å². The molecule has 0 saturated carbocycles. The van der Waals surface area contributed by atoms with Crippen LogP contribution in [0.2, 0.25) is 0 Å². The predicted octanol–water partition coefficient (Wildman–Crippen LogP) is 2.13. The van der Waals surface area contributed by atoms with E-state index in [1.165, 1.54) is 41.9 Å². The van der Waals surface area contributed by atoms with Crippen molar-refractivity contribution in [3.05, 3.63) is 87.9 Å². The fourth-order valence-corrected chi connectivity index (χ4v) is 4.06. The van der Waals surface area contributed by atoms with E-state index in [0.717, 1.165) is 12.8 Å². The summed E-state index contributed by atoms with van der Waals surface area (Å²) in [5.41, 5.74) is 1.88. The highest BCUT2D eigenvalue weighted by molar-refractivity contribution is 5.94. The first kappa shape index (κ1) is 23.2. The Hall–Kier alpha value is -4.01. The maximum atomic E-state index is 12.9. The van der Waals surface area contributed by atoms with Gasteiger partial charge in [-0.1, -0.05) is 30.3 Å². The Bertz CT molecular complexity index is 1210. The highest BCUT2D eigenvalue weighted by Crippen LogP contribution is 2.24. The van der Waals surface area contributed by atoms with Crippen LogP contribution in [-0.2, 0) is 24.1 Å². The van der Waals surface area contributed by atoms with Gasteiger partial charge in [0, 0.05) is 50.2 Å². The van der Waals surface area contributed by atoms with Gasteiger partial charge < -0.3 is 18.9 Å². The molecule has 34 heavy (non-hydrogen) atoms. The average molecular weight is 463 g/mol. The van der Waals surface area contributed by atoms with Crippen molar-refractivity contribution in [1.82, 2.24) is 19.4 Å². The van der Waals surface area contributed by atoms with Gasteiger partial charge in [0.15, 0.2) is 0 Å². The number of carbonyl (C=O) groups excluding carboxylic acids is 2. The highest BCUT2D eigenvalue weighted by Gasteiger charge is 2.28. The molecule has 0 spiro atoms. The van der Waals surface area contributed by atoms with Crippen LogP contribution in [0, 0.1) is 0 Å². The number of amides is 1. The molecular formula is C25H26N4O5. The first-order valence-electron chi connectivity index (χ1n) is 11.2. The van der Waals surface area contributed by atoms with E-state index in [2.05, 4.69) is 9.97 Å². The number of ether oxygens (including phenoxy) is 2. The lowest BCUT2D eigenvalue weighted by Gasteiger charge is -2.19. The number of fused-ring (bicyclic) bond motifs is 1. The van der Waals surface area contributed by atoms with Gasteiger partial charge >= 0.3 is 5.97 Å². The molecule has 4 rings (SSSR count). The van der Waals surface area contributed by atoms with Gasteiger partial charge in [0.25, 0.3) is 11.5 Å². The van der Waals surface area contributed by atoms with Crippen LogP contribution < -0.4 is 10.3 Å². The third-order valence-electron chi connectivity index (χ3n) is 5.76. The van der Waals surface area contributed by atoms with Crippen molar-refractivity contribution in [3.8, 4) is 5.75 Å². The quantitative estimate of drug-likeness (QED) is 0.391. The molecule has 0 bridgehead atoms. The zero-order valence-corrected chi connectivity index (χ0v) is 19.0. The number of benzene rings is 1. The third kappa shape index (κ3) is 5.14. The topological polar surface area (TPSA) is 104 Å². The Morgan fingerprint density at radius 3 is 2.65 bits per heavy atom. The number of rotatable bonds is 7. The third-order valence-corrected chi connectivity index (χ3v) is 5.76. The molecule has 0 atom stereocenters. The molecule has 0 unspecified atom stereocenters. The summed E-state index contributed by atoms with van der Waals surface area (Å²) in [4.78, 5) is 48.1. The number of aromatic nitrogens is 3. The fraction of sp³-hybridized carbons (Fsp3) is 0.320. The van der Waals surface area contributed by atoms with Crippen LogP contribution >= 0.6 is 0 Å². The Morgan fingerprint density at radius 2 is 1.91 bits per heavy atom. The molecule has 2 aromatic heterocycles. The van der Waals surface area contributed by atoms with E-state index in [9.17, 15) is 14.4 Å². The highest BCUT2D eigenvalue weighted by atomic mass is 16.5. The molecule has 1 aliphatic heterocycles. The molecule has 3 aromatic rings. The minimum atomic E-state index is -0.574. The fourth-order valence-electron chi connectivity index (χ4n) is 4.06. The van der Waals surface area contributed by atoms with E-state index >= 15 is 0 Å². The van der Waals surface area contributed by atoms with Gasteiger partial charge in [0.2, 0.25) is 0 Å². The zero-order valence-electron chi connectivity index (χ0n) is 19.0. The lowest BCUT2D eigenvalue weighted by Crippen LogP contribution is -2.34. The summed E-state index contributed by atoms with van der Waals surface area (Å²) in [7, 11) is 1.30. The van der Waals surface area contributed by atoms with Gasteiger partial charge in [0.1, 0.15) is 17.0 Å². The standard InChI is InChI=1S/C25H26N4O5/c1-33-25(32)23-20-9-12-28(24(31)19-17-26-10-11-27-19)13-14-29(20)22(30)16-21(23)34-15-5-8-18-6-3-2-4-7-18/h2-4,6-7,10-11,16-17H,5,8-9,12-15H2,1H3. The Morgan fingerprint density at radius 1 is 1.09 bits per heavy atom. The predicted molar refractivity (Wildman–Crippen MR) is 124 cm³/mol. The van der Waals surface area contributed by atoms with E-state index in [0.29, 0.717) is 31.8 Å². The number of aryl methyl sites for hydroxylation is 1. The summed E-state index contributed by atoms with van der Waals surface area (Å²) >= 11 is 0.